The zero-order chi connectivity index (χ0) is 16.7. The molecular weight excluding hydrogens is 390 g/mol. The molecule has 1 N–H and O–H groups in total. The molecule has 0 amide bonds. The van der Waals surface area contributed by atoms with Crippen molar-refractivity contribution in [1.29, 1.82) is 0 Å². The number of phenols is 1. The van der Waals surface area contributed by atoms with Crippen molar-refractivity contribution in [3.63, 3.8) is 0 Å². The molecule has 3 nitrogen and oxygen atoms in total. The lowest BCUT2D eigenvalue weighted by Gasteiger charge is -2.10. The van der Waals surface area contributed by atoms with E-state index in [9.17, 15) is 5.11 Å². The molecule has 0 bridgehead atoms. The Morgan fingerprint density at radius 3 is 2.83 bits per heavy atom. The monoisotopic (exact) mass is 403 g/mol. The number of hydrogen-bond donors (Lipinski definition) is 1. The Morgan fingerprint density at radius 2 is 2.00 bits per heavy atom. The first-order chi connectivity index (χ1) is 11.6. The van der Waals surface area contributed by atoms with Gasteiger partial charge in [-0.3, -0.25) is 4.99 Å². The van der Waals surface area contributed by atoms with Gasteiger partial charge in [-0.15, -0.1) is 0 Å². The van der Waals surface area contributed by atoms with E-state index in [1.165, 1.54) is 5.56 Å². The van der Waals surface area contributed by atoms with Gasteiger partial charge in [0, 0.05) is 29.1 Å². The molecule has 24 heavy (non-hydrogen) atoms. The van der Waals surface area contributed by atoms with Gasteiger partial charge >= 0.3 is 0 Å². The normalized spacial score (nSPS) is 14.4. The second-order valence-electron chi connectivity index (χ2n) is 5.91. The quantitative estimate of drug-likeness (QED) is 0.518. The highest BCUT2D eigenvalue weighted by molar-refractivity contribution is 9.10. The van der Waals surface area contributed by atoms with Gasteiger partial charge in [0.25, 0.3) is 0 Å². The molecule has 0 fully saturated rings. The Kier molecular flexibility index (Phi) is 4.10. The fourth-order valence-electron chi connectivity index (χ4n) is 3.23. The maximum absolute atomic E-state index is 10.6. The van der Waals surface area contributed by atoms with Crippen molar-refractivity contribution in [3.05, 3.63) is 56.7 Å². The SMILES string of the molecule is Oc1c(Br)cc2oc3c(c2c1C=Nc1ccccc1Cl)CCCC3. The summed E-state index contributed by atoms with van der Waals surface area (Å²) in [5.41, 5.74) is 3.32. The van der Waals surface area contributed by atoms with Crippen LogP contribution in [0.5, 0.6) is 5.75 Å². The molecule has 0 aliphatic heterocycles. The lowest BCUT2D eigenvalue weighted by atomic mass is 9.94. The minimum absolute atomic E-state index is 0.174. The minimum Gasteiger partial charge on any atom is -0.506 e. The average Bonchev–Trinajstić information content (AvgIpc) is 2.94. The number of fused-ring (bicyclic) bond motifs is 3. The van der Waals surface area contributed by atoms with Crippen LogP contribution < -0.4 is 0 Å². The molecule has 1 aromatic heterocycles. The van der Waals surface area contributed by atoms with E-state index in [-0.39, 0.29) is 5.75 Å². The zero-order valence-corrected chi connectivity index (χ0v) is 15.2. The van der Waals surface area contributed by atoms with Crippen molar-refractivity contribution >= 4 is 50.4 Å². The molecule has 0 spiro atoms. The van der Waals surface area contributed by atoms with Crippen LogP contribution in [-0.2, 0) is 12.8 Å². The summed E-state index contributed by atoms with van der Waals surface area (Å²) in [4.78, 5) is 4.48. The second kappa shape index (κ2) is 6.26. The average molecular weight is 405 g/mol. The Balaban J connectivity index is 1.92. The van der Waals surface area contributed by atoms with Gasteiger partial charge in [-0.2, -0.15) is 0 Å². The molecule has 0 radical (unpaired) electrons. The van der Waals surface area contributed by atoms with Gasteiger partial charge in [-0.05, 0) is 53.4 Å². The van der Waals surface area contributed by atoms with Crippen LogP contribution in [0.1, 0.15) is 29.7 Å². The van der Waals surface area contributed by atoms with Crippen LogP contribution in [0.15, 0.2) is 44.2 Å². The van der Waals surface area contributed by atoms with E-state index in [2.05, 4.69) is 20.9 Å². The van der Waals surface area contributed by atoms with Crippen LogP contribution in [0.2, 0.25) is 5.02 Å². The Hall–Kier alpha value is -1.78. The van der Waals surface area contributed by atoms with Crippen molar-refractivity contribution in [1.82, 2.24) is 0 Å². The lowest BCUT2D eigenvalue weighted by Crippen LogP contribution is -1.99. The first-order valence-corrected chi connectivity index (χ1v) is 9.06. The smallest absolute Gasteiger partial charge is 0.139 e. The molecule has 5 heteroatoms. The summed E-state index contributed by atoms with van der Waals surface area (Å²) < 4.78 is 6.61. The second-order valence-corrected chi connectivity index (χ2v) is 7.18. The zero-order valence-electron chi connectivity index (χ0n) is 12.9. The van der Waals surface area contributed by atoms with E-state index in [0.717, 1.165) is 42.4 Å². The van der Waals surface area contributed by atoms with Crippen LogP contribution in [0.3, 0.4) is 0 Å². The molecule has 0 saturated carbocycles. The molecule has 0 atom stereocenters. The van der Waals surface area contributed by atoms with Crippen LogP contribution >= 0.6 is 27.5 Å². The molecule has 1 aliphatic carbocycles. The fraction of sp³-hybridized carbons (Fsp3) is 0.211. The summed E-state index contributed by atoms with van der Waals surface area (Å²) >= 11 is 9.57. The van der Waals surface area contributed by atoms with Gasteiger partial charge in [-0.25, -0.2) is 0 Å². The molecule has 0 saturated heterocycles. The first kappa shape index (κ1) is 15.7. The molecule has 1 aliphatic rings. The molecule has 3 aromatic rings. The standard InChI is InChI=1S/C19H15BrClNO2/c20-13-9-17-18(11-5-1-4-8-16(11)24-17)12(19(13)23)10-22-15-7-3-2-6-14(15)21/h2-3,6-7,9-10,23H,1,4-5,8H2. The highest BCUT2D eigenvalue weighted by Crippen LogP contribution is 2.40. The number of aromatic hydroxyl groups is 1. The number of phenolic OH excluding ortho intramolecular Hbond substituents is 1. The van der Waals surface area contributed by atoms with E-state index in [1.54, 1.807) is 12.3 Å². The topological polar surface area (TPSA) is 45.7 Å². The molecule has 2 aromatic carbocycles. The maximum Gasteiger partial charge on any atom is 0.139 e. The molecule has 1 heterocycles. The summed E-state index contributed by atoms with van der Waals surface area (Å²) in [5, 5.41) is 12.1. The number of aryl methyl sites for hydroxylation is 2. The number of aliphatic imine (C=N–C) groups is 1. The maximum atomic E-state index is 10.6. The summed E-state index contributed by atoms with van der Waals surface area (Å²) in [6, 6.07) is 9.22. The van der Waals surface area contributed by atoms with Gasteiger partial charge in [0.2, 0.25) is 0 Å². The van der Waals surface area contributed by atoms with Crippen LogP contribution in [0.4, 0.5) is 5.69 Å². The summed E-state index contributed by atoms with van der Waals surface area (Å²) in [6.45, 7) is 0. The number of benzene rings is 2. The van der Waals surface area contributed by atoms with Crippen molar-refractivity contribution in [2.75, 3.05) is 0 Å². The van der Waals surface area contributed by atoms with Gasteiger partial charge < -0.3 is 9.52 Å². The van der Waals surface area contributed by atoms with Gasteiger partial charge in [0.1, 0.15) is 17.1 Å². The number of hydrogen-bond acceptors (Lipinski definition) is 3. The van der Waals surface area contributed by atoms with E-state index >= 15 is 0 Å². The number of rotatable bonds is 2. The number of nitrogens with zero attached hydrogens (tertiary/aromatic N) is 1. The van der Waals surface area contributed by atoms with E-state index in [0.29, 0.717) is 20.7 Å². The highest BCUT2D eigenvalue weighted by atomic mass is 79.9. The minimum atomic E-state index is 0.174. The van der Waals surface area contributed by atoms with E-state index in [1.807, 2.05) is 24.3 Å². The molecule has 0 unspecified atom stereocenters. The Morgan fingerprint density at radius 1 is 1.21 bits per heavy atom. The predicted octanol–water partition coefficient (Wildman–Crippen LogP) is 6.18. The Labute approximate surface area is 153 Å². The van der Waals surface area contributed by atoms with E-state index in [4.69, 9.17) is 16.0 Å². The van der Waals surface area contributed by atoms with Crippen molar-refractivity contribution in [2.24, 2.45) is 4.99 Å². The van der Waals surface area contributed by atoms with E-state index < -0.39 is 0 Å². The fourth-order valence-corrected chi connectivity index (χ4v) is 3.84. The predicted molar refractivity (Wildman–Crippen MR) is 101 cm³/mol. The third-order valence-electron chi connectivity index (χ3n) is 4.39. The van der Waals surface area contributed by atoms with Gasteiger partial charge in [-0.1, -0.05) is 23.7 Å². The summed E-state index contributed by atoms with van der Waals surface area (Å²) in [7, 11) is 0. The molecule has 4 rings (SSSR count). The van der Waals surface area contributed by atoms with Crippen LogP contribution in [-0.4, -0.2) is 11.3 Å². The van der Waals surface area contributed by atoms with Crippen molar-refractivity contribution in [3.8, 4) is 5.75 Å². The van der Waals surface area contributed by atoms with Gasteiger partial charge in [0.05, 0.1) is 15.2 Å². The first-order valence-electron chi connectivity index (χ1n) is 7.89. The summed E-state index contributed by atoms with van der Waals surface area (Å²) in [6.07, 6.45) is 5.87. The largest absolute Gasteiger partial charge is 0.506 e. The third-order valence-corrected chi connectivity index (χ3v) is 5.32. The van der Waals surface area contributed by atoms with Crippen LogP contribution in [0, 0.1) is 0 Å². The van der Waals surface area contributed by atoms with Gasteiger partial charge in [0.15, 0.2) is 0 Å². The number of halogens is 2. The third kappa shape index (κ3) is 2.64. The highest BCUT2D eigenvalue weighted by Gasteiger charge is 2.22. The van der Waals surface area contributed by atoms with Crippen LogP contribution in [0.25, 0.3) is 11.0 Å². The lowest BCUT2D eigenvalue weighted by molar-refractivity contribution is 0.471. The Bertz CT molecular complexity index is 962. The van der Waals surface area contributed by atoms with Crippen molar-refractivity contribution in [2.45, 2.75) is 25.7 Å². The summed E-state index contributed by atoms with van der Waals surface area (Å²) in [5.74, 6) is 1.20. The van der Waals surface area contributed by atoms with Crippen molar-refractivity contribution < 1.29 is 9.52 Å². The molecule has 122 valence electrons. The number of para-hydroxylation sites is 1. The number of furan rings is 1. The molecular formula is C19H15BrClNO2.